The molecular formula is C23H34N4O2. The van der Waals surface area contributed by atoms with E-state index >= 15 is 0 Å². The maximum absolute atomic E-state index is 12.9. The quantitative estimate of drug-likeness (QED) is 0.546. The largest absolute Gasteiger partial charge is 0.376 e. The van der Waals surface area contributed by atoms with Crippen molar-refractivity contribution in [2.24, 2.45) is 5.92 Å². The summed E-state index contributed by atoms with van der Waals surface area (Å²) in [5, 5.41) is 9.65. The van der Waals surface area contributed by atoms with Gasteiger partial charge in [0.1, 0.15) is 11.6 Å². The van der Waals surface area contributed by atoms with E-state index in [1.54, 1.807) is 6.08 Å². The Bertz CT molecular complexity index is 789. The molecule has 0 spiro atoms. The minimum Gasteiger partial charge on any atom is -0.376 e. The number of nitriles is 1. The minimum absolute atomic E-state index is 0.152. The van der Waals surface area contributed by atoms with Gasteiger partial charge in [0.15, 0.2) is 0 Å². The predicted octanol–water partition coefficient (Wildman–Crippen LogP) is 2.99. The average molecular weight is 399 g/mol. The molecule has 0 bridgehead atoms. The summed E-state index contributed by atoms with van der Waals surface area (Å²) in [5.74, 6) is 0.470. The van der Waals surface area contributed by atoms with Crippen LogP contribution in [0.1, 0.15) is 43.6 Å². The van der Waals surface area contributed by atoms with Crippen molar-refractivity contribution in [1.29, 1.82) is 5.26 Å². The number of amides is 1. The van der Waals surface area contributed by atoms with Crippen LogP contribution in [0.5, 0.6) is 0 Å². The van der Waals surface area contributed by atoms with Crippen molar-refractivity contribution in [2.45, 2.75) is 53.2 Å². The molecule has 1 aromatic heterocycles. The van der Waals surface area contributed by atoms with Crippen molar-refractivity contribution in [1.82, 2.24) is 14.4 Å². The Morgan fingerprint density at radius 2 is 2.03 bits per heavy atom. The molecule has 2 fully saturated rings. The second-order valence-corrected chi connectivity index (χ2v) is 8.73. The maximum atomic E-state index is 12.9. The highest BCUT2D eigenvalue weighted by molar-refractivity contribution is 6.01. The van der Waals surface area contributed by atoms with Crippen LogP contribution in [0.2, 0.25) is 0 Å². The van der Waals surface area contributed by atoms with Crippen LogP contribution in [0.3, 0.4) is 0 Å². The Balaban J connectivity index is 1.70. The second-order valence-electron chi connectivity index (χ2n) is 8.73. The summed E-state index contributed by atoms with van der Waals surface area (Å²) in [6.45, 7) is 14.4. The van der Waals surface area contributed by atoms with Crippen LogP contribution < -0.4 is 0 Å². The summed E-state index contributed by atoms with van der Waals surface area (Å²) in [7, 11) is 0. The normalized spacial score (nSPS) is 21.0. The fourth-order valence-corrected chi connectivity index (χ4v) is 4.36. The van der Waals surface area contributed by atoms with E-state index in [0.717, 1.165) is 62.6 Å². The third-order valence-electron chi connectivity index (χ3n) is 5.96. The van der Waals surface area contributed by atoms with Gasteiger partial charge in [-0.15, -0.1) is 0 Å². The number of ether oxygens (including phenoxy) is 1. The van der Waals surface area contributed by atoms with Crippen LogP contribution in [0.15, 0.2) is 11.6 Å². The Labute approximate surface area is 174 Å². The zero-order valence-corrected chi connectivity index (χ0v) is 18.3. The van der Waals surface area contributed by atoms with E-state index in [9.17, 15) is 10.1 Å². The van der Waals surface area contributed by atoms with Gasteiger partial charge in [-0.05, 0) is 50.3 Å². The molecule has 2 aliphatic heterocycles. The van der Waals surface area contributed by atoms with E-state index < -0.39 is 0 Å². The summed E-state index contributed by atoms with van der Waals surface area (Å²) in [6, 6.07) is 4.21. The summed E-state index contributed by atoms with van der Waals surface area (Å²) in [6.07, 6.45) is 4.23. The number of aromatic nitrogens is 1. The Morgan fingerprint density at radius 3 is 2.62 bits per heavy atom. The number of carbonyl (C=O) groups is 1. The van der Waals surface area contributed by atoms with Crippen molar-refractivity contribution in [2.75, 3.05) is 39.3 Å². The van der Waals surface area contributed by atoms with Gasteiger partial charge in [0.2, 0.25) is 0 Å². The molecule has 0 saturated carbocycles. The van der Waals surface area contributed by atoms with Crippen molar-refractivity contribution in [3.05, 3.63) is 28.6 Å². The van der Waals surface area contributed by atoms with Crippen LogP contribution in [0.25, 0.3) is 6.08 Å². The molecule has 1 atom stereocenters. The van der Waals surface area contributed by atoms with Crippen molar-refractivity contribution >= 4 is 12.0 Å². The number of hydrogen-bond donors (Lipinski definition) is 0. The first-order chi connectivity index (χ1) is 13.9. The second kappa shape index (κ2) is 9.60. The van der Waals surface area contributed by atoms with Gasteiger partial charge >= 0.3 is 0 Å². The Morgan fingerprint density at radius 1 is 1.31 bits per heavy atom. The first-order valence-electron chi connectivity index (χ1n) is 10.8. The van der Waals surface area contributed by atoms with E-state index in [-0.39, 0.29) is 17.6 Å². The summed E-state index contributed by atoms with van der Waals surface area (Å²) < 4.78 is 8.02. The van der Waals surface area contributed by atoms with E-state index in [2.05, 4.69) is 49.3 Å². The molecule has 2 saturated heterocycles. The zero-order valence-electron chi connectivity index (χ0n) is 18.3. The molecule has 6 nitrogen and oxygen atoms in total. The van der Waals surface area contributed by atoms with Crippen LogP contribution in [0, 0.1) is 31.1 Å². The molecule has 0 aromatic carbocycles. The van der Waals surface area contributed by atoms with Gasteiger partial charge in [0.05, 0.1) is 6.10 Å². The van der Waals surface area contributed by atoms with E-state index in [4.69, 9.17) is 4.74 Å². The molecular weight excluding hydrogens is 364 g/mol. The van der Waals surface area contributed by atoms with Crippen molar-refractivity contribution < 1.29 is 9.53 Å². The topological polar surface area (TPSA) is 61.5 Å². The lowest BCUT2D eigenvalue weighted by atomic mass is 10.1. The molecule has 0 N–H and O–H groups in total. The third-order valence-corrected chi connectivity index (χ3v) is 5.96. The van der Waals surface area contributed by atoms with Gasteiger partial charge in [-0.1, -0.05) is 13.8 Å². The molecule has 6 heteroatoms. The molecule has 1 unspecified atom stereocenters. The van der Waals surface area contributed by atoms with E-state index in [1.807, 2.05) is 4.90 Å². The highest BCUT2D eigenvalue weighted by Crippen LogP contribution is 2.22. The number of aryl methyl sites for hydroxylation is 1. The molecule has 0 aliphatic carbocycles. The molecule has 1 amide bonds. The average Bonchev–Trinajstić information content (AvgIpc) is 3.30. The van der Waals surface area contributed by atoms with Gasteiger partial charge in [0.25, 0.3) is 5.91 Å². The maximum Gasteiger partial charge on any atom is 0.264 e. The van der Waals surface area contributed by atoms with E-state index in [0.29, 0.717) is 19.0 Å². The zero-order chi connectivity index (χ0) is 21.0. The molecule has 29 heavy (non-hydrogen) atoms. The molecule has 0 radical (unpaired) electrons. The lowest BCUT2D eigenvalue weighted by molar-refractivity contribution is -0.128. The number of carbonyl (C=O) groups excluding carboxylic acids is 1. The summed E-state index contributed by atoms with van der Waals surface area (Å²) in [4.78, 5) is 17.1. The molecule has 158 valence electrons. The number of hydrogen-bond acceptors (Lipinski definition) is 4. The predicted molar refractivity (Wildman–Crippen MR) is 114 cm³/mol. The van der Waals surface area contributed by atoms with Gasteiger partial charge in [0, 0.05) is 57.3 Å². The Kier molecular flexibility index (Phi) is 7.15. The molecule has 2 aliphatic rings. The fraction of sp³-hybridized carbons (Fsp3) is 0.652. The van der Waals surface area contributed by atoms with Crippen molar-refractivity contribution in [3.8, 4) is 6.07 Å². The monoisotopic (exact) mass is 398 g/mol. The fourth-order valence-electron chi connectivity index (χ4n) is 4.36. The lowest BCUT2D eigenvalue weighted by Crippen LogP contribution is -2.49. The van der Waals surface area contributed by atoms with Crippen molar-refractivity contribution in [3.63, 3.8) is 0 Å². The van der Waals surface area contributed by atoms with Gasteiger partial charge < -0.3 is 14.2 Å². The SMILES string of the molecule is Cc1cc(C=C(C#N)C(=O)N2CCN(CC(C)C)CC2)c(C)n1CC1CCCO1. The highest BCUT2D eigenvalue weighted by Gasteiger charge is 2.25. The first-order valence-corrected chi connectivity index (χ1v) is 10.8. The molecule has 1 aromatic rings. The summed E-state index contributed by atoms with van der Waals surface area (Å²) >= 11 is 0. The minimum atomic E-state index is -0.152. The number of piperazine rings is 1. The van der Waals surface area contributed by atoms with Gasteiger partial charge in [-0.25, -0.2) is 0 Å². The number of nitrogens with zero attached hydrogens (tertiary/aromatic N) is 4. The van der Waals surface area contributed by atoms with Crippen LogP contribution in [0.4, 0.5) is 0 Å². The smallest absolute Gasteiger partial charge is 0.264 e. The third kappa shape index (κ3) is 5.29. The summed E-state index contributed by atoms with van der Waals surface area (Å²) in [5.41, 5.74) is 3.39. The lowest BCUT2D eigenvalue weighted by Gasteiger charge is -2.35. The Hall–Kier alpha value is -2.10. The molecule has 3 rings (SSSR count). The van der Waals surface area contributed by atoms with Crippen LogP contribution >= 0.6 is 0 Å². The van der Waals surface area contributed by atoms with E-state index in [1.165, 1.54) is 0 Å². The highest BCUT2D eigenvalue weighted by atomic mass is 16.5. The molecule has 3 heterocycles. The standard InChI is InChI=1S/C23H34N4O2/c1-17(2)15-25-7-9-26(10-8-25)23(28)21(14-24)13-20-12-18(3)27(19(20)4)16-22-6-5-11-29-22/h12-13,17,22H,5-11,15-16H2,1-4H3. The van der Waals surface area contributed by atoms with Crippen LogP contribution in [-0.4, -0.2) is 65.7 Å². The van der Waals surface area contributed by atoms with Gasteiger partial charge in [-0.2, -0.15) is 5.26 Å². The number of rotatable bonds is 6. The first kappa shape index (κ1) is 21.6. The van der Waals surface area contributed by atoms with Crippen LogP contribution in [-0.2, 0) is 16.1 Å². The van der Waals surface area contributed by atoms with Gasteiger partial charge in [-0.3, -0.25) is 9.69 Å².